The Kier molecular flexibility index (Phi) is 2.82. The summed E-state index contributed by atoms with van der Waals surface area (Å²) < 4.78 is 6.49. The van der Waals surface area contributed by atoms with Crippen molar-refractivity contribution in [1.29, 1.82) is 0 Å². The predicted molar refractivity (Wildman–Crippen MR) is 64.3 cm³/mol. The Morgan fingerprint density at radius 3 is 2.71 bits per heavy atom. The highest BCUT2D eigenvalue weighted by atomic mass is 16.5. The fourth-order valence-corrected chi connectivity index (χ4v) is 1.62. The minimum absolute atomic E-state index is 0.411. The highest BCUT2D eigenvalue weighted by molar-refractivity contribution is 5.61. The minimum atomic E-state index is -0.435. The van der Waals surface area contributed by atoms with Crippen molar-refractivity contribution in [3.05, 3.63) is 51.2 Å². The van der Waals surface area contributed by atoms with Gasteiger partial charge in [-0.3, -0.25) is 14.3 Å². The van der Waals surface area contributed by atoms with Crippen LogP contribution in [-0.4, -0.2) is 16.7 Å². The molecule has 0 amide bonds. The summed E-state index contributed by atoms with van der Waals surface area (Å²) in [6.07, 6.45) is 0. The standard InChI is InChI=1S/C12H12N2O3/c1-14-10(7-11(15)13-12(14)16)8-4-3-5-9(6-8)17-2/h3-7H,1-2H3,(H,13,15,16). The monoisotopic (exact) mass is 232 g/mol. The van der Waals surface area contributed by atoms with Crippen LogP contribution in [0.15, 0.2) is 39.9 Å². The first-order valence-corrected chi connectivity index (χ1v) is 5.06. The van der Waals surface area contributed by atoms with Crippen LogP contribution < -0.4 is 16.0 Å². The van der Waals surface area contributed by atoms with E-state index in [4.69, 9.17) is 4.74 Å². The van der Waals surface area contributed by atoms with Crippen molar-refractivity contribution in [3.8, 4) is 17.0 Å². The predicted octanol–water partition coefficient (Wildman–Crippen LogP) is 0.749. The zero-order valence-electron chi connectivity index (χ0n) is 9.56. The molecule has 2 aromatic rings. The second-order valence-corrected chi connectivity index (χ2v) is 3.61. The molecule has 0 saturated heterocycles. The molecule has 1 aromatic heterocycles. The van der Waals surface area contributed by atoms with Crippen LogP contribution >= 0.6 is 0 Å². The van der Waals surface area contributed by atoms with Crippen molar-refractivity contribution in [3.63, 3.8) is 0 Å². The van der Waals surface area contributed by atoms with Crippen LogP contribution in [0, 0.1) is 0 Å². The molecule has 0 aliphatic rings. The van der Waals surface area contributed by atoms with E-state index in [-0.39, 0.29) is 0 Å². The molecule has 0 spiro atoms. The lowest BCUT2D eigenvalue weighted by Crippen LogP contribution is -2.28. The summed E-state index contributed by atoms with van der Waals surface area (Å²) in [7, 11) is 3.17. The molecule has 88 valence electrons. The summed E-state index contributed by atoms with van der Waals surface area (Å²) in [5.41, 5.74) is 0.467. The Balaban J connectivity index is 2.68. The van der Waals surface area contributed by atoms with Crippen LogP contribution in [0.4, 0.5) is 0 Å². The number of hydrogen-bond donors (Lipinski definition) is 1. The van der Waals surface area contributed by atoms with E-state index in [2.05, 4.69) is 4.98 Å². The van der Waals surface area contributed by atoms with Gasteiger partial charge >= 0.3 is 5.69 Å². The van der Waals surface area contributed by atoms with Crippen molar-refractivity contribution in [2.24, 2.45) is 7.05 Å². The molecule has 0 atom stereocenters. The molecular weight excluding hydrogens is 220 g/mol. The van der Waals surface area contributed by atoms with Crippen LogP contribution in [-0.2, 0) is 7.05 Å². The van der Waals surface area contributed by atoms with E-state index >= 15 is 0 Å². The maximum absolute atomic E-state index is 11.5. The summed E-state index contributed by atoms with van der Waals surface area (Å²) in [6.45, 7) is 0. The molecule has 0 aliphatic carbocycles. The van der Waals surface area contributed by atoms with Crippen LogP contribution in [0.3, 0.4) is 0 Å². The van der Waals surface area contributed by atoms with Gasteiger partial charge in [0.25, 0.3) is 5.56 Å². The number of H-pyrrole nitrogens is 1. The van der Waals surface area contributed by atoms with Gasteiger partial charge in [0.05, 0.1) is 12.8 Å². The topological polar surface area (TPSA) is 64.1 Å². The number of benzene rings is 1. The van der Waals surface area contributed by atoms with Gasteiger partial charge in [-0.25, -0.2) is 4.79 Å². The smallest absolute Gasteiger partial charge is 0.328 e. The van der Waals surface area contributed by atoms with E-state index < -0.39 is 11.2 Å². The molecule has 5 heteroatoms. The Hall–Kier alpha value is -2.30. The van der Waals surface area contributed by atoms with E-state index in [1.807, 2.05) is 6.07 Å². The Morgan fingerprint density at radius 1 is 1.24 bits per heavy atom. The summed E-state index contributed by atoms with van der Waals surface area (Å²) >= 11 is 0. The molecule has 0 saturated carbocycles. The fraction of sp³-hybridized carbons (Fsp3) is 0.167. The number of hydrogen-bond acceptors (Lipinski definition) is 3. The minimum Gasteiger partial charge on any atom is -0.497 e. The number of nitrogens with zero attached hydrogens (tertiary/aromatic N) is 1. The van der Waals surface area contributed by atoms with Crippen LogP contribution in [0.25, 0.3) is 11.3 Å². The van der Waals surface area contributed by atoms with Crippen molar-refractivity contribution < 1.29 is 4.74 Å². The number of methoxy groups -OCH3 is 1. The summed E-state index contributed by atoms with van der Waals surface area (Å²) in [5, 5.41) is 0. The molecule has 1 aromatic carbocycles. The van der Waals surface area contributed by atoms with E-state index in [0.717, 1.165) is 5.56 Å². The SMILES string of the molecule is COc1cccc(-c2cc(=O)[nH]c(=O)n2C)c1. The lowest BCUT2D eigenvalue weighted by Gasteiger charge is -2.08. The van der Waals surface area contributed by atoms with E-state index in [1.54, 1.807) is 32.4 Å². The average Bonchev–Trinajstić information content (AvgIpc) is 2.34. The maximum atomic E-state index is 11.5. The first-order valence-electron chi connectivity index (χ1n) is 5.06. The van der Waals surface area contributed by atoms with Crippen LogP contribution in [0.5, 0.6) is 5.75 Å². The Labute approximate surface area is 97.3 Å². The average molecular weight is 232 g/mol. The number of nitrogens with one attached hydrogen (secondary N) is 1. The van der Waals surface area contributed by atoms with E-state index in [0.29, 0.717) is 11.4 Å². The number of ether oxygens (including phenoxy) is 1. The highest BCUT2D eigenvalue weighted by Crippen LogP contribution is 2.21. The van der Waals surface area contributed by atoms with Crippen LogP contribution in [0.2, 0.25) is 0 Å². The van der Waals surface area contributed by atoms with Gasteiger partial charge < -0.3 is 4.74 Å². The highest BCUT2D eigenvalue weighted by Gasteiger charge is 2.05. The Bertz CT molecular complexity index is 655. The molecule has 0 fully saturated rings. The van der Waals surface area contributed by atoms with Gasteiger partial charge in [0.15, 0.2) is 0 Å². The molecular formula is C12H12N2O3. The quantitative estimate of drug-likeness (QED) is 0.831. The lowest BCUT2D eigenvalue weighted by molar-refractivity contribution is 0.415. The van der Waals surface area contributed by atoms with Gasteiger partial charge in [-0.1, -0.05) is 12.1 Å². The van der Waals surface area contributed by atoms with Gasteiger partial charge in [-0.2, -0.15) is 0 Å². The van der Waals surface area contributed by atoms with Gasteiger partial charge in [0.1, 0.15) is 5.75 Å². The molecule has 0 unspecified atom stereocenters. The summed E-state index contributed by atoms with van der Waals surface area (Å²) in [5.74, 6) is 0.676. The third-order valence-corrected chi connectivity index (χ3v) is 2.53. The molecule has 1 heterocycles. The summed E-state index contributed by atoms with van der Waals surface area (Å²) in [4.78, 5) is 25.0. The van der Waals surface area contributed by atoms with Crippen molar-refractivity contribution in [1.82, 2.24) is 9.55 Å². The van der Waals surface area contributed by atoms with E-state index in [9.17, 15) is 9.59 Å². The second kappa shape index (κ2) is 4.29. The van der Waals surface area contributed by atoms with Gasteiger partial charge in [0.2, 0.25) is 0 Å². The zero-order chi connectivity index (χ0) is 12.4. The van der Waals surface area contributed by atoms with Crippen molar-refractivity contribution >= 4 is 0 Å². The third kappa shape index (κ3) is 2.13. The van der Waals surface area contributed by atoms with Gasteiger partial charge in [0, 0.05) is 18.7 Å². The maximum Gasteiger partial charge on any atom is 0.328 e. The normalized spacial score (nSPS) is 10.2. The summed E-state index contributed by atoms with van der Waals surface area (Å²) in [6, 6.07) is 8.58. The molecule has 1 N–H and O–H groups in total. The van der Waals surface area contributed by atoms with Crippen molar-refractivity contribution in [2.45, 2.75) is 0 Å². The molecule has 17 heavy (non-hydrogen) atoms. The fourth-order valence-electron chi connectivity index (χ4n) is 1.62. The largest absolute Gasteiger partial charge is 0.497 e. The number of rotatable bonds is 2. The zero-order valence-corrected chi connectivity index (χ0v) is 9.56. The van der Waals surface area contributed by atoms with Crippen molar-refractivity contribution in [2.75, 3.05) is 7.11 Å². The molecule has 0 bridgehead atoms. The van der Waals surface area contributed by atoms with Crippen LogP contribution in [0.1, 0.15) is 0 Å². The van der Waals surface area contributed by atoms with Gasteiger partial charge in [-0.05, 0) is 12.1 Å². The second-order valence-electron chi connectivity index (χ2n) is 3.61. The number of aromatic nitrogens is 2. The lowest BCUT2D eigenvalue weighted by atomic mass is 10.1. The molecule has 0 radical (unpaired) electrons. The third-order valence-electron chi connectivity index (χ3n) is 2.53. The Morgan fingerprint density at radius 2 is 2.00 bits per heavy atom. The first-order chi connectivity index (χ1) is 8.11. The number of aromatic amines is 1. The molecule has 2 rings (SSSR count). The molecule has 0 aliphatic heterocycles. The van der Waals surface area contributed by atoms with Gasteiger partial charge in [-0.15, -0.1) is 0 Å². The first kappa shape index (κ1) is 11.2. The van der Waals surface area contributed by atoms with E-state index in [1.165, 1.54) is 10.6 Å². The molecule has 5 nitrogen and oxygen atoms in total.